The van der Waals surface area contributed by atoms with Crippen LogP contribution >= 0.6 is 0 Å². The van der Waals surface area contributed by atoms with Crippen LogP contribution in [0.4, 0.5) is 23.1 Å². The van der Waals surface area contributed by atoms with Crippen LogP contribution in [-0.2, 0) is 4.74 Å². The molecule has 0 aliphatic heterocycles. The van der Waals surface area contributed by atoms with Crippen LogP contribution in [0.2, 0.25) is 0 Å². The highest BCUT2D eigenvalue weighted by Gasteiger charge is 2.10. The second-order valence-electron chi connectivity index (χ2n) is 5.78. The van der Waals surface area contributed by atoms with Crippen LogP contribution in [0, 0.1) is 6.92 Å². The number of carbonyl (C=O) groups is 1. The molecule has 3 aromatic rings. The molecule has 0 atom stereocenters. The smallest absolute Gasteiger partial charge is 0.337 e. The summed E-state index contributed by atoms with van der Waals surface area (Å²) in [6.45, 7) is 1.93. The summed E-state index contributed by atoms with van der Waals surface area (Å²) in [6.07, 6.45) is 0. The quantitative estimate of drug-likeness (QED) is 0.701. The number of methoxy groups -OCH3 is 1. The van der Waals surface area contributed by atoms with Crippen molar-refractivity contribution < 1.29 is 9.53 Å². The van der Waals surface area contributed by atoms with Gasteiger partial charge in [-0.15, -0.1) is 0 Å². The van der Waals surface area contributed by atoms with Crippen molar-refractivity contribution >= 4 is 29.1 Å². The third kappa shape index (κ3) is 3.97. The number of hydrogen-bond donors (Lipinski definition) is 1. The van der Waals surface area contributed by atoms with E-state index < -0.39 is 0 Å². The molecular formula is C20H20N4O2. The first-order valence-electron chi connectivity index (χ1n) is 8.16. The molecule has 0 radical (unpaired) electrons. The molecule has 0 saturated heterocycles. The van der Waals surface area contributed by atoms with Gasteiger partial charge in [0.25, 0.3) is 0 Å². The van der Waals surface area contributed by atoms with Crippen LogP contribution in [0.1, 0.15) is 16.1 Å². The zero-order valence-corrected chi connectivity index (χ0v) is 14.9. The number of para-hydroxylation sites is 1. The minimum Gasteiger partial charge on any atom is -0.465 e. The molecule has 0 aliphatic carbocycles. The lowest BCUT2D eigenvalue weighted by Gasteiger charge is -2.19. The van der Waals surface area contributed by atoms with E-state index in [1.165, 1.54) is 7.11 Å². The second-order valence-corrected chi connectivity index (χ2v) is 5.78. The van der Waals surface area contributed by atoms with Crippen LogP contribution in [-0.4, -0.2) is 30.1 Å². The molecule has 1 N–H and O–H groups in total. The highest BCUT2D eigenvalue weighted by molar-refractivity contribution is 5.89. The first kappa shape index (κ1) is 17.4. The molecule has 1 heterocycles. The summed E-state index contributed by atoms with van der Waals surface area (Å²) >= 11 is 0. The van der Waals surface area contributed by atoms with Gasteiger partial charge in [0.2, 0.25) is 5.95 Å². The molecule has 26 heavy (non-hydrogen) atoms. The lowest BCUT2D eigenvalue weighted by Crippen LogP contribution is -2.13. The van der Waals surface area contributed by atoms with Gasteiger partial charge in [-0.2, -0.15) is 4.98 Å². The zero-order valence-electron chi connectivity index (χ0n) is 14.9. The van der Waals surface area contributed by atoms with Crippen molar-refractivity contribution in [3.05, 3.63) is 71.9 Å². The molecular weight excluding hydrogens is 328 g/mol. The van der Waals surface area contributed by atoms with Crippen molar-refractivity contribution in [2.24, 2.45) is 0 Å². The van der Waals surface area contributed by atoms with Crippen LogP contribution in [0.3, 0.4) is 0 Å². The molecule has 132 valence electrons. The van der Waals surface area contributed by atoms with Gasteiger partial charge in [-0.05, 0) is 43.3 Å². The Morgan fingerprint density at radius 1 is 1.04 bits per heavy atom. The summed E-state index contributed by atoms with van der Waals surface area (Å²) in [4.78, 5) is 22.5. The number of anilines is 4. The van der Waals surface area contributed by atoms with Gasteiger partial charge in [-0.25, -0.2) is 9.78 Å². The maximum absolute atomic E-state index is 11.5. The average Bonchev–Trinajstić information content (AvgIpc) is 2.67. The molecule has 1 aromatic heterocycles. The fourth-order valence-electron chi connectivity index (χ4n) is 2.50. The number of aromatic nitrogens is 2. The largest absolute Gasteiger partial charge is 0.465 e. The van der Waals surface area contributed by atoms with E-state index in [0.717, 1.165) is 22.9 Å². The lowest BCUT2D eigenvalue weighted by atomic mass is 10.2. The van der Waals surface area contributed by atoms with Crippen molar-refractivity contribution in [1.29, 1.82) is 0 Å². The van der Waals surface area contributed by atoms with Gasteiger partial charge in [0, 0.05) is 30.2 Å². The number of ether oxygens (including phenoxy) is 1. The Morgan fingerprint density at radius 2 is 1.73 bits per heavy atom. The number of nitrogens with one attached hydrogen (secondary N) is 1. The van der Waals surface area contributed by atoms with E-state index >= 15 is 0 Å². The maximum atomic E-state index is 11.5. The number of rotatable bonds is 5. The van der Waals surface area contributed by atoms with Gasteiger partial charge in [-0.1, -0.05) is 18.2 Å². The van der Waals surface area contributed by atoms with Gasteiger partial charge >= 0.3 is 5.97 Å². The Hall–Kier alpha value is -3.41. The lowest BCUT2D eigenvalue weighted by molar-refractivity contribution is 0.0601. The van der Waals surface area contributed by atoms with Gasteiger partial charge in [0.1, 0.15) is 5.82 Å². The summed E-state index contributed by atoms with van der Waals surface area (Å²) < 4.78 is 4.70. The maximum Gasteiger partial charge on any atom is 0.337 e. The van der Waals surface area contributed by atoms with Crippen molar-refractivity contribution in [2.75, 3.05) is 24.4 Å². The fourth-order valence-corrected chi connectivity index (χ4v) is 2.50. The van der Waals surface area contributed by atoms with Crippen LogP contribution < -0.4 is 10.2 Å². The monoisotopic (exact) mass is 348 g/mol. The fraction of sp³-hybridized carbons (Fsp3) is 0.150. The van der Waals surface area contributed by atoms with Gasteiger partial charge in [0.05, 0.1) is 12.7 Å². The van der Waals surface area contributed by atoms with E-state index in [1.54, 1.807) is 24.3 Å². The highest BCUT2D eigenvalue weighted by atomic mass is 16.5. The SMILES string of the molecule is COC(=O)c1ccc(Nc2nc(C)cc(N(C)c3ccccc3)n2)cc1. The Labute approximate surface area is 152 Å². The molecule has 0 spiro atoms. The molecule has 0 bridgehead atoms. The van der Waals surface area contributed by atoms with Gasteiger partial charge in [-0.3, -0.25) is 0 Å². The molecule has 3 rings (SSSR count). The number of hydrogen-bond acceptors (Lipinski definition) is 6. The summed E-state index contributed by atoms with van der Waals surface area (Å²) in [7, 11) is 3.33. The first-order valence-corrected chi connectivity index (χ1v) is 8.16. The Bertz CT molecular complexity index is 895. The number of esters is 1. The predicted molar refractivity (Wildman–Crippen MR) is 102 cm³/mol. The van der Waals surface area contributed by atoms with Crippen LogP contribution in [0.25, 0.3) is 0 Å². The Kier molecular flexibility index (Phi) is 5.12. The van der Waals surface area contributed by atoms with Gasteiger partial charge < -0.3 is 15.0 Å². The summed E-state index contributed by atoms with van der Waals surface area (Å²) in [5.74, 6) is 0.918. The molecule has 6 heteroatoms. The molecule has 2 aromatic carbocycles. The third-order valence-electron chi connectivity index (χ3n) is 3.89. The molecule has 0 saturated carbocycles. The van der Waals surface area contributed by atoms with E-state index in [2.05, 4.69) is 15.3 Å². The van der Waals surface area contributed by atoms with Gasteiger partial charge in [0.15, 0.2) is 0 Å². The second kappa shape index (κ2) is 7.65. The molecule has 0 aliphatic rings. The first-order chi connectivity index (χ1) is 12.6. The Morgan fingerprint density at radius 3 is 2.38 bits per heavy atom. The van der Waals surface area contributed by atoms with Crippen molar-refractivity contribution in [1.82, 2.24) is 9.97 Å². The number of benzene rings is 2. The minimum absolute atomic E-state index is 0.366. The number of aryl methyl sites for hydroxylation is 1. The number of carbonyl (C=O) groups excluding carboxylic acids is 1. The third-order valence-corrected chi connectivity index (χ3v) is 3.89. The van der Waals surface area contributed by atoms with Crippen molar-refractivity contribution in [3.63, 3.8) is 0 Å². The number of nitrogens with zero attached hydrogens (tertiary/aromatic N) is 3. The van der Waals surface area contributed by atoms with Crippen LogP contribution in [0.15, 0.2) is 60.7 Å². The highest BCUT2D eigenvalue weighted by Crippen LogP contribution is 2.24. The summed E-state index contributed by atoms with van der Waals surface area (Å²) in [6, 6.07) is 18.9. The topological polar surface area (TPSA) is 67.3 Å². The van der Waals surface area contributed by atoms with Crippen molar-refractivity contribution in [2.45, 2.75) is 6.92 Å². The standard InChI is InChI=1S/C20H20N4O2/c1-14-13-18(24(2)17-7-5-4-6-8-17)23-20(21-14)22-16-11-9-15(10-12-16)19(25)26-3/h4-13H,1-3H3,(H,21,22,23). The molecule has 0 unspecified atom stereocenters. The molecule has 0 amide bonds. The summed E-state index contributed by atoms with van der Waals surface area (Å²) in [5.41, 5.74) is 3.18. The average molecular weight is 348 g/mol. The molecule has 6 nitrogen and oxygen atoms in total. The van der Waals surface area contributed by atoms with E-state index in [1.807, 2.05) is 55.3 Å². The van der Waals surface area contributed by atoms with Crippen molar-refractivity contribution in [3.8, 4) is 0 Å². The minimum atomic E-state index is -0.366. The van der Waals surface area contributed by atoms with Crippen LogP contribution in [0.5, 0.6) is 0 Å². The van der Waals surface area contributed by atoms with E-state index in [9.17, 15) is 4.79 Å². The zero-order chi connectivity index (χ0) is 18.5. The van der Waals surface area contributed by atoms with E-state index in [0.29, 0.717) is 11.5 Å². The normalized spacial score (nSPS) is 10.3. The predicted octanol–water partition coefficient (Wildman–Crippen LogP) is 4.08. The Balaban J connectivity index is 1.83. The summed E-state index contributed by atoms with van der Waals surface area (Å²) in [5, 5.41) is 3.17. The van der Waals surface area contributed by atoms with E-state index in [-0.39, 0.29) is 5.97 Å². The molecule has 0 fully saturated rings. The van der Waals surface area contributed by atoms with E-state index in [4.69, 9.17) is 4.74 Å².